The lowest BCUT2D eigenvalue weighted by atomic mass is 10.0. The minimum Gasteiger partial charge on any atom is -0.497 e. The van der Waals surface area contributed by atoms with Gasteiger partial charge in [0.1, 0.15) is 5.75 Å². The Morgan fingerprint density at radius 3 is 2.43 bits per heavy atom. The van der Waals surface area contributed by atoms with Crippen LogP contribution in [0.1, 0.15) is 54.1 Å². The maximum absolute atomic E-state index is 12.9. The van der Waals surface area contributed by atoms with Crippen LogP contribution in [-0.2, 0) is 11.3 Å². The molecule has 0 aliphatic heterocycles. The first-order valence-electron chi connectivity index (χ1n) is 11.6. The van der Waals surface area contributed by atoms with Crippen molar-refractivity contribution in [1.29, 1.82) is 0 Å². The number of anilines is 1. The van der Waals surface area contributed by atoms with Crippen molar-refractivity contribution in [3.63, 3.8) is 0 Å². The lowest BCUT2D eigenvalue weighted by molar-refractivity contribution is -0.113. The number of hydrogen-bond acceptors (Lipinski definition) is 6. The van der Waals surface area contributed by atoms with E-state index in [-0.39, 0.29) is 29.5 Å². The number of nitrogens with zero attached hydrogens (tertiary/aromatic N) is 3. The molecule has 8 nitrogen and oxygen atoms in total. The molecule has 3 rings (SSSR count). The van der Waals surface area contributed by atoms with E-state index in [1.807, 2.05) is 57.4 Å². The topological polar surface area (TPSA) is 98.1 Å². The highest BCUT2D eigenvalue weighted by atomic mass is 32.2. The number of benzene rings is 2. The lowest BCUT2D eigenvalue weighted by Gasteiger charge is -2.22. The largest absolute Gasteiger partial charge is 0.497 e. The molecule has 1 atom stereocenters. The van der Waals surface area contributed by atoms with E-state index >= 15 is 0 Å². The quantitative estimate of drug-likeness (QED) is 0.393. The molecular formula is C26H33N5O3S. The van der Waals surface area contributed by atoms with E-state index in [0.29, 0.717) is 28.8 Å². The minimum absolute atomic E-state index is 0.0807. The van der Waals surface area contributed by atoms with E-state index in [0.717, 1.165) is 16.8 Å². The zero-order valence-electron chi connectivity index (χ0n) is 21.1. The molecule has 1 aromatic heterocycles. The fourth-order valence-electron chi connectivity index (χ4n) is 3.63. The predicted molar refractivity (Wildman–Crippen MR) is 139 cm³/mol. The first-order chi connectivity index (χ1) is 16.7. The van der Waals surface area contributed by atoms with E-state index in [9.17, 15) is 9.59 Å². The van der Waals surface area contributed by atoms with E-state index in [1.54, 1.807) is 31.4 Å². The van der Waals surface area contributed by atoms with Gasteiger partial charge in [-0.1, -0.05) is 37.7 Å². The van der Waals surface area contributed by atoms with Gasteiger partial charge in [-0.3, -0.25) is 9.59 Å². The van der Waals surface area contributed by atoms with Crippen LogP contribution in [0.15, 0.2) is 47.6 Å². The summed E-state index contributed by atoms with van der Waals surface area (Å²) >= 11 is 1.33. The summed E-state index contributed by atoms with van der Waals surface area (Å²) in [5.41, 5.74) is 3.53. The van der Waals surface area contributed by atoms with Gasteiger partial charge in [0.25, 0.3) is 5.91 Å². The molecule has 2 N–H and O–H groups in total. The van der Waals surface area contributed by atoms with Gasteiger partial charge in [0.15, 0.2) is 11.0 Å². The Kier molecular flexibility index (Phi) is 8.92. The van der Waals surface area contributed by atoms with Crippen LogP contribution < -0.4 is 15.4 Å². The molecular weight excluding hydrogens is 462 g/mol. The fourth-order valence-corrected chi connectivity index (χ4v) is 4.44. The zero-order valence-corrected chi connectivity index (χ0v) is 21.9. The molecule has 2 aromatic carbocycles. The predicted octanol–water partition coefficient (Wildman–Crippen LogP) is 4.78. The number of ether oxygens (including phenoxy) is 1. The molecule has 0 aliphatic rings. The summed E-state index contributed by atoms with van der Waals surface area (Å²) in [6.07, 6.45) is 0. The molecule has 3 aromatic rings. The third-order valence-corrected chi connectivity index (χ3v) is 6.82. The highest BCUT2D eigenvalue weighted by Crippen LogP contribution is 2.26. The van der Waals surface area contributed by atoms with Crippen molar-refractivity contribution >= 4 is 29.3 Å². The summed E-state index contributed by atoms with van der Waals surface area (Å²) in [6, 6.07) is 12.5. The molecule has 35 heavy (non-hydrogen) atoms. The van der Waals surface area contributed by atoms with E-state index in [1.165, 1.54) is 11.8 Å². The van der Waals surface area contributed by atoms with E-state index in [4.69, 9.17) is 4.74 Å². The van der Waals surface area contributed by atoms with Crippen molar-refractivity contribution in [1.82, 2.24) is 20.1 Å². The van der Waals surface area contributed by atoms with Gasteiger partial charge in [-0.25, -0.2) is 0 Å². The van der Waals surface area contributed by atoms with Crippen molar-refractivity contribution in [2.45, 2.75) is 52.4 Å². The summed E-state index contributed by atoms with van der Waals surface area (Å²) in [5.74, 6) is 1.34. The summed E-state index contributed by atoms with van der Waals surface area (Å²) in [5, 5.41) is 15.4. The number of carbonyl (C=O) groups is 2. The first kappa shape index (κ1) is 26.3. The number of carbonyl (C=O) groups excluding carboxylic acids is 2. The number of amides is 2. The van der Waals surface area contributed by atoms with Gasteiger partial charge in [0.05, 0.1) is 18.9 Å². The Morgan fingerprint density at radius 2 is 1.80 bits per heavy atom. The van der Waals surface area contributed by atoms with Crippen molar-refractivity contribution in [3.8, 4) is 5.75 Å². The highest BCUT2D eigenvalue weighted by molar-refractivity contribution is 7.99. The number of aromatic nitrogens is 3. The second-order valence-corrected chi connectivity index (χ2v) is 9.54. The van der Waals surface area contributed by atoms with Crippen molar-refractivity contribution in [2.24, 2.45) is 5.92 Å². The average Bonchev–Trinajstić information content (AvgIpc) is 3.26. The Hall–Kier alpha value is -3.33. The van der Waals surface area contributed by atoms with Gasteiger partial charge >= 0.3 is 0 Å². The van der Waals surface area contributed by atoms with Crippen LogP contribution in [0, 0.1) is 19.8 Å². The molecule has 0 saturated heterocycles. The smallest absolute Gasteiger partial charge is 0.251 e. The molecule has 0 aliphatic carbocycles. The highest BCUT2D eigenvalue weighted by Gasteiger charge is 2.26. The van der Waals surface area contributed by atoms with Crippen LogP contribution in [-0.4, -0.2) is 39.4 Å². The summed E-state index contributed by atoms with van der Waals surface area (Å²) in [7, 11) is 1.59. The van der Waals surface area contributed by atoms with Crippen molar-refractivity contribution in [3.05, 3.63) is 65.0 Å². The molecule has 0 radical (unpaired) electrons. The number of methoxy groups -OCH3 is 1. The normalized spacial score (nSPS) is 11.9. The van der Waals surface area contributed by atoms with Gasteiger partial charge in [0, 0.05) is 17.8 Å². The molecule has 186 valence electrons. The molecule has 0 saturated carbocycles. The Bertz CT molecular complexity index is 1170. The maximum atomic E-state index is 12.9. The second kappa shape index (κ2) is 11.9. The number of aryl methyl sites for hydroxylation is 1. The first-order valence-corrected chi connectivity index (χ1v) is 12.6. The number of thioether (sulfide) groups is 1. The fraction of sp³-hybridized carbons (Fsp3) is 0.385. The van der Waals surface area contributed by atoms with Crippen LogP contribution in [0.4, 0.5) is 5.69 Å². The van der Waals surface area contributed by atoms with Gasteiger partial charge in [-0.15, -0.1) is 10.2 Å². The monoisotopic (exact) mass is 495 g/mol. The van der Waals surface area contributed by atoms with Crippen LogP contribution in [0.2, 0.25) is 0 Å². The van der Waals surface area contributed by atoms with Gasteiger partial charge in [-0.2, -0.15) is 0 Å². The SMILES string of the molecule is CCn1c(SCC(=O)Nc2cccc(C)c2C)nnc1C(NC(=O)c1ccc(OC)cc1)C(C)C. The van der Waals surface area contributed by atoms with Crippen LogP contribution in [0.25, 0.3) is 0 Å². The van der Waals surface area contributed by atoms with Crippen LogP contribution in [0.3, 0.4) is 0 Å². The van der Waals surface area contributed by atoms with E-state index < -0.39 is 0 Å². The second-order valence-electron chi connectivity index (χ2n) is 8.59. The van der Waals surface area contributed by atoms with Gasteiger partial charge < -0.3 is 19.9 Å². The van der Waals surface area contributed by atoms with Crippen molar-refractivity contribution in [2.75, 3.05) is 18.2 Å². The summed E-state index contributed by atoms with van der Waals surface area (Å²) in [6.45, 7) is 10.7. The minimum atomic E-state index is -0.338. The molecule has 2 amide bonds. The number of hydrogen-bond donors (Lipinski definition) is 2. The maximum Gasteiger partial charge on any atom is 0.251 e. The Balaban J connectivity index is 1.71. The molecule has 1 heterocycles. The van der Waals surface area contributed by atoms with E-state index in [2.05, 4.69) is 20.8 Å². The number of nitrogens with one attached hydrogen (secondary N) is 2. The summed E-state index contributed by atoms with van der Waals surface area (Å²) in [4.78, 5) is 25.5. The van der Waals surface area contributed by atoms with Gasteiger partial charge in [-0.05, 0) is 68.1 Å². The van der Waals surface area contributed by atoms with Crippen molar-refractivity contribution < 1.29 is 14.3 Å². The standard InChI is InChI=1S/C26H33N5O3S/c1-7-31-24(23(16(2)3)28-25(33)19-11-13-20(34-6)14-12-19)29-30-26(31)35-15-22(32)27-21-10-8-9-17(4)18(21)5/h8-14,16,23H,7,15H2,1-6H3,(H,27,32)(H,28,33). The third kappa shape index (κ3) is 6.42. The Labute approximate surface area is 210 Å². The molecule has 0 fully saturated rings. The lowest BCUT2D eigenvalue weighted by Crippen LogP contribution is -2.33. The average molecular weight is 496 g/mol. The molecule has 0 bridgehead atoms. The molecule has 9 heteroatoms. The Morgan fingerprint density at radius 1 is 1.09 bits per heavy atom. The van der Waals surface area contributed by atoms with Crippen LogP contribution in [0.5, 0.6) is 5.75 Å². The molecule has 1 unspecified atom stereocenters. The zero-order chi connectivity index (χ0) is 25.5. The third-order valence-electron chi connectivity index (χ3n) is 5.86. The summed E-state index contributed by atoms with van der Waals surface area (Å²) < 4.78 is 7.12. The van der Waals surface area contributed by atoms with Crippen LogP contribution >= 0.6 is 11.8 Å². The molecule has 0 spiro atoms. The van der Waals surface area contributed by atoms with Gasteiger partial charge in [0.2, 0.25) is 5.91 Å². The number of rotatable bonds is 10.